The Hall–Kier alpha value is -1.89. The molecule has 0 spiro atoms. The lowest BCUT2D eigenvalue weighted by Gasteiger charge is -2.02. The van der Waals surface area contributed by atoms with Gasteiger partial charge < -0.3 is 5.73 Å². The SMILES string of the molecule is Nc1ccc(Cc2nc(CC3CCS(=O)(=O)C3)n[nH]2)cc1. The monoisotopic (exact) mass is 306 g/mol. The molecule has 0 saturated carbocycles. The van der Waals surface area contributed by atoms with E-state index in [9.17, 15) is 8.42 Å². The number of anilines is 1. The van der Waals surface area contributed by atoms with E-state index < -0.39 is 9.84 Å². The van der Waals surface area contributed by atoms with Gasteiger partial charge in [0.15, 0.2) is 15.7 Å². The number of nitrogens with two attached hydrogens (primary N) is 1. The summed E-state index contributed by atoms with van der Waals surface area (Å²) in [6.07, 6.45) is 2.00. The molecule has 1 aromatic heterocycles. The van der Waals surface area contributed by atoms with E-state index in [1.54, 1.807) is 0 Å². The summed E-state index contributed by atoms with van der Waals surface area (Å²) in [5.41, 5.74) is 7.49. The summed E-state index contributed by atoms with van der Waals surface area (Å²) in [6.45, 7) is 0. The number of sulfone groups is 1. The topological polar surface area (TPSA) is 102 Å². The van der Waals surface area contributed by atoms with Crippen molar-refractivity contribution in [3.63, 3.8) is 0 Å². The van der Waals surface area contributed by atoms with Crippen molar-refractivity contribution in [2.24, 2.45) is 5.92 Å². The Morgan fingerprint density at radius 1 is 1.29 bits per heavy atom. The van der Waals surface area contributed by atoms with E-state index in [1.807, 2.05) is 24.3 Å². The second-order valence-corrected chi connectivity index (χ2v) is 7.82. The van der Waals surface area contributed by atoms with Crippen LogP contribution in [0.4, 0.5) is 5.69 Å². The number of benzene rings is 1. The van der Waals surface area contributed by atoms with Crippen molar-refractivity contribution in [3.8, 4) is 0 Å². The van der Waals surface area contributed by atoms with Crippen molar-refractivity contribution in [3.05, 3.63) is 41.5 Å². The molecule has 21 heavy (non-hydrogen) atoms. The van der Waals surface area contributed by atoms with Crippen LogP contribution in [0.3, 0.4) is 0 Å². The number of H-pyrrole nitrogens is 1. The lowest BCUT2D eigenvalue weighted by Crippen LogP contribution is -2.08. The van der Waals surface area contributed by atoms with Crippen LogP contribution < -0.4 is 5.73 Å². The van der Waals surface area contributed by atoms with E-state index in [1.165, 1.54) is 0 Å². The van der Waals surface area contributed by atoms with Gasteiger partial charge in [-0.1, -0.05) is 12.1 Å². The zero-order valence-electron chi connectivity index (χ0n) is 11.6. The van der Waals surface area contributed by atoms with Crippen molar-refractivity contribution in [2.75, 3.05) is 17.2 Å². The quantitative estimate of drug-likeness (QED) is 0.819. The van der Waals surface area contributed by atoms with E-state index in [2.05, 4.69) is 15.2 Å². The average Bonchev–Trinajstić information content (AvgIpc) is 2.99. The number of rotatable bonds is 4. The fourth-order valence-electron chi connectivity index (χ4n) is 2.63. The first kappa shape index (κ1) is 14.1. The highest BCUT2D eigenvalue weighted by Gasteiger charge is 2.28. The molecule has 0 aliphatic carbocycles. The van der Waals surface area contributed by atoms with E-state index in [0.717, 1.165) is 17.1 Å². The third-order valence-corrected chi connectivity index (χ3v) is 5.56. The number of nitrogen functional groups attached to an aromatic ring is 1. The molecule has 0 bridgehead atoms. The molecule has 2 aromatic rings. The van der Waals surface area contributed by atoms with Gasteiger partial charge in [0.05, 0.1) is 11.5 Å². The summed E-state index contributed by atoms with van der Waals surface area (Å²) in [5.74, 6) is 2.18. The molecule has 7 heteroatoms. The summed E-state index contributed by atoms with van der Waals surface area (Å²) < 4.78 is 22.9. The number of aromatic nitrogens is 3. The second-order valence-electron chi connectivity index (χ2n) is 5.59. The van der Waals surface area contributed by atoms with Gasteiger partial charge in [0.1, 0.15) is 5.82 Å². The van der Waals surface area contributed by atoms with Crippen LogP contribution >= 0.6 is 0 Å². The highest BCUT2D eigenvalue weighted by molar-refractivity contribution is 7.91. The van der Waals surface area contributed by atoms with Crippen LogP contribution in [0.25, 0.3) is 0 Å². The zero-order valence-corrected chi connectivity index (χ0v) is 12.4. The first-order valence-corrected chi connectivity index (χ1v) is 8.77. The summed E-state index contributed by atoms with van der Waals surface area (Å²) >= 11 is 0. The van der Waals surface area contributed by atoms with Gasteiger partial charge in [-0.15, -0.1) is 0 Å². The summed E-state index contributed by atoms with van der Waals surface area (Å²) in [5, 5.41) is 7.11. The van der Waals surface area contributed by atoms with Crippen LogP contribution in [-0.4, -0.2) is 35.1 Å². The minimum atomic E-state index is -2.84. The van der Waals surface area contributed by atoms with Crippen LogP contribution in [0.5, 0.6) is 0 Å². The molecule has 1 fully saturated rings. The molecule has 3 N–H and O–H groups in total. The predicted molar refractivity (Wildman–Crippen MR) is 80.5 cm³/mol. The maximum absolute atomic E-state index is 11.4. The maximum atomic E-state index is 11.4. The second kappa shape index (κ2) is 5.48. The van der Waals surface area contributed by atoms with E-state index in [4.69, 9.17) is 5.73 Å². The minimum Gasteiger partial charge on any atom is -0.399 e. The van der Waals surface area contributed by atoms with Crippen molar-refractivity contribution in [1.29, 1.82) is 0 Å². The number of aromatic amines is 1. The standard InChI is InChI=1S/C14H18N4O2S/c15-12-3-1-10(2-4-12)7-13-16-14(18-17-13)8-11-5-6-21(19,20)9-11/h1-4,11H,5-9,15H2,(H,16,17,18). The van der Waals surface area contributed by atoms with Crippen molar-refractivity contribution >= 4 is 15.5 Å². The Kier molecular flexibility index (Phi) is 3.67. The molecule has 3 rings (SSSR count). The zero-order chi connectivity index (χ0) is 14.9. The molecule has 1 atom stereocenters. The molecule has 0 radical (unpaired) electrons. The third-order valence-electron chi connectivity index (χ3n) is 3.73. The van der Waals surface area contributed by atoms with Crippen LogP contribution in [0.2, 0.25) is 0 Å². The Morgan fingerprint density at radius 2 is 2.05 bits per heavy atom. The molecule has 1 aliphatic rings. The smallest absolute Gasteiger partial charge is 0.151 e. The molecule has 2 heterocycles. The van der Waals surface area contributed by atoms with Crippen molar-refractivity contribution in [2.45, 2.75) is 19.3 Å². The lowest BCUT2D eigenvalue weighted by molar-refractivity contribution is 0.570. The Morgan fingerprint density at radius 3 is 2.71 bits per heavy atom. The van der Waals surface area contributed by atoms with Gasteiger partial charge in [0.2, 0.25) is 0 Å². The molecule has 112 valence electrons. The Bertz CT molecular complexity index is 722. The fourth-order valence-corrected chi connectivity index (χ4v) is 4.49. The minimum absolute atomic E-state index is 0.148. The lowest BCUT2D eigenvalue weighted by atomic mass is 10.1. The van der Waals surface area contributed by atoms with Gasteiger partial charge in [0.25, 0.3) is 0 Å². The molecule has 1 saturated heterocycles. The molecule has 0 amide bonds. The first-order valence-electron chi connectivity index (χ1n) is 6.95. The summed E-state index contributed by atoms with van der Waals surface area (Å²) in [6, 6.07) is 7.63. The number of hydrogen-bond acceptors (Lipinski definition) is 5. The molecule has 6 nitrogen and oxygen atoms in total. The van der Waals surface area contributed by atoms with E-state index in [-0.39, 0.29) is 11.7 Å². The summed E-state index contributed by atoms with van der Waals surface area (Å²) in [4.78, 5) is 4.45. The van der Waals surface area contributed by atoms with Gasteiger partial charge in [-0.3, -0.25) is 5.10 Å². The van der Waals surface area contributed by atoms with Crippen molar-refractivity contribution < 1.29 is 8.42 Å². The first-order chi connectivity index (χ1) is 10.00. The van der Waals surface area contributed by atoms with Gasteiger partial charge >= 0.3 is 0 Å². The Labute approximate surface area is 123 Å². The van der Waals surface area contributed by atoms with Gasteiger partial charge in [-0.2, -0.15) is 5.10 Å². The van der Waals surface area contributed by atoms with Gasteiger partial charge in [-0.05, 0) is 30.0 Å². The average molecular weight is 306 g/mol. The van der Waals surface area contributed by atoms with Gasteiger partial charge in [-0.25, -0.2) is 13.4 Å². The van der Waals surface area contributed by atoms with Crippen LogP contribution in [0.1, 0.15) is 23.6 Å². The number of nitrogens with zero attached hydrogens (tertiary/aromatic N) is 2. The normalized spacial score (nSPS) is 20.7. The van der Waals surface area contributed by atoms with Crippen molar-refractivity contribution in [1.82, 2.24) is 15.2 Å². The highest BCUT2D eigenvalue weighted by atomic mass is 32.2. The summed E-state index contributed by atoms with van der Waals surface area (Å²) in [7, 11) is -2.84. The van der Waals surface area contributed by atoms with Gasteiger partial charge in [0, 0.05) is 18.5 Å². The van der Waals surface area contributed by atoms with Crippen LogP contribution in [-0.2, 0) is 22.7 Å². The fraction of sp³-hybridized carbons (Fsp3) is 0.429. The van der Waals surface area contributed by atoms with E-state index in [0.29, 0.717) is 30.8 Å². The third kappa shape index (κ3) is 3.60. The number of nitrogens with one attached hydrogen (secondary N) is 1. The van der Waals surface area contributed by atoms with E-state index >= 15 is 0 Å². The predicted octanol–water partition coefficient (Wildman–Crippen LogP) is 0.955. The van der Waals surface area contributed by atoms with Crippen LogP contribution in [0, 0.1) is 5.92 Å². The Balaban J connectivity index is 1.62. The van der Waals surface area contributed by atoms with Crippen LogP contribution in [0.15, 0.2) is 24.3 Å². The molecule has 1 aliphatic heterocycles. The molecule has 1 aromatic carbocycles. The molecular weight excluding hydrogens is 288 g/mol. The maximum Gasteiger partial charge on any atom is 0.151 e. The molecule has 1 unspecified atom stereocenters. The number of hydrogen-bond donors (Lipinski definition) is 2. The highest BCUT2D eigenvalue weighted by Crippen LogP contribution is 2.21. The largest absolute Gasteiger partial charge is 0.399 e. The molecular formula is C14H18N4O2S.